The first-order valence-electron chi connectivity index (χ1n) is 10.5. The summed E-state index contributed by atoms with van der Waals surface area (Å²) in [5.74, 6) is 1.09. The third-order valence-electron chi connectivity index (χ3n) is 5.87. The average Bonchev–Trinajstić information content (AvgIpc) is 3.27. The van der Waals surface area contributed by atoms with Crippen molar-refractivity contribution in [2.75, 3.05) is 13.1 Å². The van der Waals surface area contributed by atoms with Gasteiger partial charge in [0.1, 0.15) is 17.3 Å². The van der Waals surface area contributed by atoms with E-state index in [0.29, 0.717) is 43.0 Å². The molecule has 2 heterocycles. The van der Waals surface area contributed by atoms with Crippen molar-refractivity contribution in [3.63, 3.8) is 0 Å². The van der Waals surface area contributed by atoms with E-state index in [0.717, 1.165) is 18.4 Å². The van der Waals surface area contributed by atoms with E-state index < -0.39 is 6.10 Å². The van der Waals surface area contributed by atoms with Gasteiger partial charge in [-0.15, -0.1) is 0 Å². The number of likely N-dealkylation sites (tertiary alicyclic amines) is 1. The second-order valence-electron chi connectivity index (χ2n) is 7.82. The number of benzene rings is 2. The highest BCUT2D eigenvalue weighted by Crippen LogP contribution is 2.31. The van der Waals surface area contributed by atoms with Crippen LogP contribution in [0.25, 0.3) is 11.3 Å². The highest BCUT2D eigenvalue weighted by atomic mass is 19.1. The van der Waals surface area contributed by atoms with Gasteiger partial charge in [0.25, 0.3) is 0 Å². The lowest BCUT2D eigenvalue weighted by molar-refractivity contribution is -0.133. The zero-order chi connectivity index (χ0) is 20.9. The van der Waals surface area contributed by atoms with E-state index in [4.69, 9.17) is 4.42 Å². The number of furan rings is 1. The monoisotopic (exact) mass is 407 g/mol. The highest BCUT2D eigenvalue weighted by molar-refractivity contribution is 5.76. The molecule has 5 heteroatoms. The molecule has 0 bridgehead atoms. The van der Waals surface area contributed by atoms with Gasteiger partial charge < -0.3 is 14.4 Å². The molecule has 2 aromatic carbocycles. The Morgan fingerprint density at radius 2 is 1.73 bits per heavy atom. The molecule has 1 fully saturated rings. The number of rotatable bonds is 6. The summed E-state index contributed by atoms with van der Waals surface area (Å²) in [4.78, 5) is 14.5. The average molecular weight is 407 g/mol. The Labute approximate surface area is 175 Å². The van der Waals surface area contributed by atoms with Gasteiger partial charge in [0.2, 0.25) is 5.91 Å². The summed E-state index contributed by atoms with van der Waals surface area (Å²) < 4.78 is 19.6. The van der Waals surface area contributed by atoms with Crippen LogP contribution in [0.4, 0.5) is 4.39 Å². The number of hydrogen-bond donors (Lipinski definition) is 1. The second-order valence-corrected chi connectivity index (χ2v) is 7.82. The summed E-state index contributed by atoms with van der Waals surface area (Å²) in [6.07, 6.45) is 1.94. The first kappa shape index (κ1) is 20.4. The number of hydrogen-bond acceptors (Lipinski definition) is 3. The zero-order valence-electron chi connectivity index (χ0n) is 16.8. The van der Waals surface area contributed by atoms with Crippen LogP contribution in [0.3, 0.4) is 0 Å². The predicted molar refractivity (Wildman–Crippen MR) is 113 cm³/mol. The van der Waals surface area contributed by atoms with Gasteiger partial charge in [0, 0.05) is 25.9 Å². The molecule has 1 unspecified atom stereocenters. The van der Waals surface area contributed by atoms with Crippen molar-refractivity contribution in [3.05, 3.63) is 83.9 Å². The number of piperidine rings is 1. The van der Waals surface area contributed by atoms with Gasteiger partial charge in [0.05, 0.1) is 11.7 Å². The lowest BCUT2D eigenvalue weighted by atomic mass is 9.87. The van der Waals surface area contributed by atoms with Crippen LogP contribution in [-0.2, 0) is 11.2 Å². The molecule has 156 valence electrons. The Hall–Kier alpha value is -2.92. The highest BCUT2D eigenvalue weighted by Gasteiger charge is 2.28. The molecule has 1 aliphatic rings. The van der Waals surface area contributed by atoms with Crippen LogP contribution in [0.5, 0.6) is 0 Å². The van der Waals surface area contributed by atoms with E-state index in [1.54, 1.807) is 30.3 Å². The van der Waals surface area contributed by atoms with E-state index in [1.807, 2.05) is 35.2 Å². The largest absolute Gasteiger partial charge is 0.461 e. The molecule has 0 radical (unpaired) electrons. The van der Waals surface area contributed by atoms with Crippen molar-refractivity contribution in [2.24, 2.45) is 5.92 Å². The molecule has 1 N–H and O–H groups in total. The third-order valence-corrected chi connectivity index (χ3v) is 5.87. The number of nitrogens with zero attached hydrogens (tertiary/aromatic N) is 1. The van der Waals surface area contributed by atoms with E-state index in [2.05, 4.69) is 0 Å². The molecule has 3 aromatic rings. The van der Waals surface area contributed by atoms with E-state index in [9.17, 15) is 14.3 Å². The summed E-state index contributed by atoms with van der Waals surface area (Å²) in [7, 11) is 0. The lowest BCUT2D eigenvalue weighted by Gasteiger charge is -2.34. The summed E-state index contributed by atoms with van der Waals surface area (Å²) in [5, 5.41) is 10.6. The van der Waals surface area contributed by atoms with Crippen LogP contribution in [0.2, 0.25) is 0 Å². The van der Waals surface area contributed by atoms with Crippen molar-refractivity contribution in [1.29, 1.82) is 0 Å². The Kier molecular flexibility index (Phi) is 6.29. The molecule has 1 aromatic heterocycles. The maximum Gasteiger partial charge on any atom is 0.223 e. The summed E-state index contributed by atoms with van der Waals surface area (Å²) >= 11 is 0. The number of aliphatic hydroxyl groups is 1. The van der Waals surface area contributed by atoms with Gasteiger partial charge in [-0.25, -0.2) is 4.39 Å². The number of aryl methyl sites for hydroxylation is 1. The van der Waals surface area contributed by atoms with Crippen LogP contribution >= 0.6 is 0 Å². The Morgan fingerprint density at radius 3 is 2.47 bits per heavy atom. The summed E-state index contributed by atoms with van der Waals surface area (Å²) in [5.41, 5.74) is 1.36. The normalized spacial score (nSPS) is 15.9. The molecule has 1 saturated heterocycles. The topological polar surface area (TPSA) is 53.7 Å². The second kappa shape index (κ2) is 9.26. The quantitative estimate of drug-likeness (QED) is 0.626. The van der Waals surface area contributed by atoms with E-state index in [1.165, 1.54) is 6.07 Å². The molecule has 0 spiro atoms. The van der Waals surface area contributed by atoms with Crippen molar-refractivity contribution in [2.45, 2.75) is 31.8 Å². The van der Waals surface area contributed by atoms with Crippen molar-refractivity contribution >= 4 is 5.91 Å². The van der Waals surface area contributed by atoms with Gasteiger partial charge >= 0.3 is 0 Å². The van der Waals surface area contributed by atoms with Gasteiger partial charge in [-0.1, -0.05) is 42.5 Å². The van der Waals surface area contributed by atoms with Gasteiger partial charge in [-0.05, 0) is 48.6 Å². The number of amides is 1. The Bertz CT molecular complexity index is 977. The fourth-order valence-electron chi connectivity index (χ4n) is 4.09. The molecule has 30 heavy (non-hydrogen) atoms. The van der Waals surface area contributed by atoms with Crippen LogP contribution in [0.1, 0.15) is 36.7 Å². The first-order chi connectivity index (χ1) is 14.6. The maximum atomic E-state index is 13.9. The molecular formula is C25H26FNO3. The van der Waals surface area contributed by atoms with Gasteiger partial charge in [-0.2, -0.15) is 0 Å². The smallest absolute Gasteiger partial charge is 0.223 e. The molecule has 4 nitrogen and oxygen atoms in total. The number of carbonyl (C=O) groups is 1. The number of carbonyl (C=O) groups excluding carboxylic acids is 1. The molecule has 1 amide bonds. The van der Waals surface area contributed by atoms with Crippen LogP contribution in [0, 0.1) is 11.7 Å². The van der Waals surface area contributed by atoms with Crippen molar-refractivity contribution < 1.29 is 18.7 Å². The van der Waals surface area contributed by atoms with Gasteiger partial charge in [0.15, 0.2) is 0 Å². The third kappa shape index (κ3) is 4.62. The number of aliphatic hydroxyl groups excluding tert-OH is 1. The number of halogens is 1. The first-order valence-corrected chi connectivity index (χ1v) is 10.5. The minimum absolute atomic E-state index is 0.0893. The minimum Gasteiger partial charge on any atom is -0.461 e. The SMILES string of the molecule is O=C(CCc1ccc(-c2ccccc2F)o1)N1CCC(C(O)c2ccccc2)CC1. The van der Waals surface area contributed by atoms with E-state index >= 15 is 0 Å². The van der Waals surface area contributed by atoms with Crippen molar-refractivity contribution in [1.82, 2.24) is 4.90 Å². The maximum absolute atomic E-state index is 13.9. The fourth-order valence-corrected chi connectivity index (χ4v) is 4.09. The predicted octanol–water partition coefficient (Wildman–Crippen LogP) is 4.99. The standard InChI is InChI=1S/C25H26FNO3/c26-22-9-5-4-8-21(22)23-12-10-20(30-23)11-13-24(28)27-16-14-19(15-17-27)25(29)18-6-2-1-3-7-18/h1-10,12,19,25,29H,11,13-17H2. The Balaban J connectivity index is 1.27. The van der Waals surface area contributed by atoms with E-state index in [-0.39, 0.29) is 17.6 Å². The fraction of sp³-hybridized carbons (Fsp3) is 0.320. The molecule has 1 atom stereocenters. The van der Waals surface area contributed by atoms with Crippen LogP contribution in [-0.4, -0.2) is 29.0 Å². The summed E-state index contributed by atoms with van der Waals surface area (Å²) in [6.45, 7) is 1.32. The molecule has 0 saturated carbocycles. The zero-order valence-corrected chi connectivity index (χ0v) is 16.8. The Morgan fingerprint density at radius 1 is 1.03 bits per heavy atom. The lowest BCUT2D eigenvalue weighted by Crippen LogP contribution is -2.39. The van der Waals surface area contributed by atoms with Crippen LogP contribution < -0.4 is 0 Å². The minimum atomic E-state index is -0.483. The summed E-state index contributed by atoms with van der Waals surface area (Å²) in [6, 6.07) is 19.7. The van der Waals surface area contributed by atoms with Crippen molar-refractivity contribution in [3.8, 4) is 11.3 Å². The molecular weight excluding hydrogens is 381 g/mol. The molecule has 1 aliphatic heterocycles. The van der Waals surface area contributed by atoms with Gasteiger partial charge in [-0.3, -0.25) is 4.79 Å². The van der Waals surface area contributed by atoms with Crippen LogP contribution in [0.15, 0.2) is 71.1 Å². The molecule has 4 rings (SSSR count). The molecule has 0 aliphatic carbocycles.